The summed E-state index contributed by atoms with van der Waals surface area (Å²) >= 11 is 0. The first-order valence-corrected chi connectivity index (χ1v) is 8.22. The van der Waals surface area contributed by atoms with E-state index < -0.39 is 5.82 Å². The number of rotatable bonds is 5. The predicted molar refractivity (Wildman–Crippen MR) is 97.5 cm³/mol. The van der Waals surface area contributed by atoms with Gasteiger partial charge in [-0.25, -0.2) is 9.18 Å². The van der Waals surface area contributed by atoms with Crippen molar-refractivity contribution in [3.05, 3.63) is 83.1 Å². The summed E-state index contributed by atoms with van der Waals surface area (Å²) in [6, 6.07) is 11.9. The van der Waals surface area contributed by atoms with Crippen LogP contribution in [-0.2, 0) is 6.54 Å². The molecule has 0 aliphatic heterocycles. The summed E-state index contributed by atoms with van der Waals surface area (Å²) < 4.78 is 21.3. The molecule has 2 aromatic carbocycles. The maximum Gasteiger partial charge on any atom is 0.350 e. The third-order valence-electron chi connectivity index (χ3n) is 4.25. The van der Waals surface area contributed by atoms with E-state index in [1.807, 2.05) is 24.3 Å². The Balaban J connectivity index is 1.60. The first-order chi connectivity index (χ1) is 13.2. The maximum absolute atomic E-state index is 13.5. The number of aromatic amines is 1. The monoisotopic (exact) mass is 365 g/mol. The van der Waals surface area contributed by atoms with Crippen LogP contribution in [-0.4, -0.2) is 31.7 Å². The van der Waals surface area contributed by atoms with E-state index >= 15 is 0 Å². The number of hydrogen-bond acceptors (Lipinski definition) is 4. The van der Waals surface area contributed by atoms with Gasteiger partial charge < -0.3 is 4.74 Å². The van der Waals surface area contributed by atoms with Crippen LogP contribution < -0.4 is 10.4 Å². The van der Waals surface area contributed by atoms with Crippen LogP contribution in [0.1, 0.15) is 5.56 Å². The van der Waals surface area contributed by atoms with Gasteiger partial charge in [-0.05, 0) is 35.4 Å². The Labute approximate surface area is 153 Å². The van der Waals surface area contributed by atoms with Gasteiger partial charge in [-0.2, -0.15) is 14.9 Å². The first kappa shape index (κ1) is 16.8. The molecule has 0 unspecified atom stereocenters. The Morgan fingerprint density at radius 3 is 2.67 bits per heavy atom. The van der Waals surface area contributed by atoms with Crippen molar-refractivity contribution < 1.29 is 9.13 Å². The molecule has 2 aromatic heterocycles. The van der Waals surface area contributed by atoms with Crippen LogP contribution >= 0.6 is 0 Å². The van der Waals surface area contributed by atoms with E-state index in [2.05, 4.69) is 15.3 Å². The molecular formula is C19H16FN5O2. The minimum Gasteiger partial charge on any atom is -0.494 e. The lowest BCUT2D eigenvalue weighted by molar-refractivity contribution is 0.385. The fourth-order valence-corrected chi connectivity index (χ4v) is 2.82. The highest BCUT2D eigenvalue weighted by molar-refractivity contribution is 5.62. The van der Waals surface area contributed by atoms with Gasteiger partial charge in [-0.1, -0.05) is 18.2 Å². The van der Waals surface area contributed by atoms with Crippen LogP contribution in [0.15, 0.2) is 66.0 Å². The van der Waals surface area contributed by atoms with E-state index in [4.69, 9.17) is 4.74 Å². The Bertz CT molecular complexity index is 1110. The van der Waals surface area contributed by atoms with Crippen LogP contribution in [0, 0.1) is 5.82 Å². The molecule has 0 amide bonds. The Morgan fingerprint density at radius 1 is 1.15 bits per heavy atom. The molecule has 0 saturated heterocycles. The average molecular weight is 365 g/mol. The normalized spacial score (nSPS) is 10.9. The van der Waals surface area contributed by atoms with Crippen LogP contribution in [0.25, 0.3) is 16.8 Å². The Hall–Kier alpha value is -3.68. The highest BCUT2D eigenvalue weighted by atomic mass is 19.1. The zero-order valence-corrected chi connectivity index (χ0v) is 14.5. The third kappa shape index (κ3) is 3.24. The highest BCUT2D eigenvalue weighted by Crippen LogP contribution is 2.20. The second kappa shape index (κ2) is 6.91. The van der Waals surface area contributed by atoms with Crippen molar-refractivity contribution in [3.8, 4) is 22.6 Å². The molecule has 0 aliphatic rings. The van der Waals surface area contributed by atoms with Gasteiger partial charge in [0.1, 0.15) is 6.33 Å². The average Bonchev–Trinajstić information content (AvgIpc) is 3.34. The number of aromatic nitrogens is 5. The molecule has 0 atom stereocenters. The zero-order chi connectivity index (χ0) is 18.8. The van der Waals surface area contributed by atoms with Crippen molar-refractivity contribution in [1.82, 2.24) is 24.5 Å². The molecule has 4 aromatic rings. The fourth-order valence-electron chi connectivity index (χ4n) is 2.82. The smallest absolute Gasteiger partial charge is 0.350 e. The summed E-state index contributed by atoms with van der Waals surface area (Å²) in [7, 11) is 1.40. The van der Waals surface area contributed by atoms with E-state index in [0.717, 1.165) is 16.7 Å². The third-order valence-corrected chi connectivity index (χ3v) is 4.25. The van der Waals surface area contributed by atoms with Gasteiger partial charge in [0.2, 0.25) is 0 Å². The number of methoxy groups -OCH3 is 1. The zero-order valence-electron chi connectivity index (χ0n) is 14.5. The molecule has 0 saturated carbocycles. The summed E-state index contributed by atoms with van der Waals surface area (Å²) in [6.45, 7) is 0.266. The lowest BCUT2D eigenvalue weighted by Crippen LogP contribution is -2.24. The van der Waals surface area contributed by atoms with Crippen molar-refractivity contribution in [2.24, 2.45) is 0 Å². The van der Waals surface area contributed by atoms with Crippen LogP contribution in [0.3, 0.4) is 0 Å². The van der Waals surface area contributed by atoms with Gasteiger partial charge in [0, 0.05) is 11.8 Å². The predicted octanol–water partition coefficient (Wildman–Crippen LogP) is 2.62. The van der Waals surface area contributed by atoms with E-state index in [1.54, 1.807) is 24.5 Å². The van der Waals surface area contributed by atoms with Crippen LogP contribution in [0.2, 0.25) is 0 Å². The molecule has 0 bridgehead atoms. The molecule has 0 fully saturated rings. The van der Waals surface area contributed by atoms with Gasteiger partial charge in [0.05, 0.1) is 25.5 Å². The van der Waals surface area contributed by atoms with E-state index in [-0.39, 0.29) is 18.0 Å². The van der Waals surface area contributed by atoms with E-state index in [9.17, 15) is 9.18 Å². The van der Waals surface area contributed by atoms with Crippen molar-refractivity contribution in [1.29, 1.82) is 0 Å². The van der Waals surface area contributed by atoms with Crippen molar-refractivity contribution in [3.63, 3.8) is 0 Å². The van der Waals surface area contributed by atoms with Crippen LogP contribution in [0.4, 0.5) is 4.39 Å². The van der Waals surface area contributed by atoms with Crippen molar-refractivity contribution >= 4 is 0 Å². The number of nitrogens with one attached hydrogen (secondary N) is 1. The molecule has 0 aliphatic carbocycles. The number of ether oxygens (including phenoxy) is 1. The summed E-state index contributed by atoms with van der Waals surface area (Å²) in [4.78, 5) is 12.7. The summed E-state index contributed by atoms with van der Waals surface area (Å²) in [5.41, 5.74) is 3.06. The number of benzene rings is 2. The second-order valence-corrected chi connectivity index (χ2v) is 5.96. The largest absolute Gasteiger partial charge is 0.494 e. The van der Waals surface area contributed by atoms with Gasteiger partial charge in [0.25, 0.3) is 0 Å². The highest BCUT2D eigenvalue weighted by Gasteiger charge is 2.10. The summed E-state index contributed by atoms with van der Waals surface area (Å²) in [5.74, 6) is -0.301. The number of H-pyrrole nitrogens is 1. The molecule has 27 heavy (non-hydrogen) atoms. The lowest BCUT2D eigenvalue weighted by atomic mass is 10.1. The first-order valence-electron chi connectivity index (χ1n) is 8.22. The molecule has 0 radical (unpaired) electrons. The molecular weight excluding hydrogens is 349 g/mol. The number of halogens is 1. The van der Waals surface area contributed by atoms with E-state index in [0.29, 0.717) is 5.69 Å². The molecule has 1 N–H and O–H groups in total. The molecule has 8 heteroatoms. The van der Waals surface area contributed by atoms with Crippen molar-refractivity contribution in [2.75, 3.05) is 7.11 Å². The van der Waals surface area contributed by atoms with E-state index in [1.165, 1.54) is 28.8 Å². The number of hydrogen-bond donors (Lipinski definition) is 1. The summed E-state index contributed by atoms with van der Waals surface area (Å²) in [6.07, 6.45) is 4.99. The molecule has 136 valence electrons. The molecule has 4 rings (SSSR count). The van der Waals surface area contributed by atoms with Gasteiger partial charge in [-0.15, -0.1) is 0 Å². The SMILES string of the molecule is COc1cc(Cn2cnn(-c3ccc(-c4cn[nH]c4)cc3)c2=O)ccc1F. The minimum absolute atomic E-state index is 0.141. The molecule has 0 spiro atoms. The topological polar surface area (TPSA) is 77.7 Å². The summed E-state index contributed by atoms with van der Waals surface area (Å²) in [5, 5.41) is 10.9. The lowest BCUT2D eigenvalue weighted by Gasteiger charge is -2.06. The van der Waals surface area contributed by atoms with Gasteiger partial charge in [-0.3, -0.25) is 9.67 Å². The quantitative estimate of drug-likeness (QED) is 0.590. The second-order valence-electron chi connectivity index (χ2n) is 5.96. The number of nitrogens with zero attached hydrogens (tertiary/aromatic N) is 4. The minimum atomic E-state index is -0.443. The maximum atomic E-state index is 13.5. The Morgan fingerprint density at radius 2 is 1.96 bits per heavy atom. The Kier molecular flexibility index (Phi) is 4.29. The standard InChI is InChI=1S/C19H16FN5O2/c1-27-18-8-13(2-7-17(18)20)11-24-12-23-25(19(24)26)16-5-3-14(4-6-16)15-9-21-22-10-15/h2-10,12H,11H2,1H3,(H,21,22). The van der Waals surface area contributed by atoms with Crippen LogP contribution in [0.5, 0.6) is 5.75 Å². The van der Waals surface area contributed by atoms with Gasteiger partial charge >= 0.3 is 5.69 Å². The van der Waals surface area contributed by atoms with Gasteiger partial charge in [0.15, 0.2) is 11.6 Å². The van der Waals surface area contributed by atoms with Crippen molar-refractivity contribution in [2.45, 2.75) is 6.54 Å². The molecule has 2 heterocycles. The molecule has 7 nitrogen and oxygen atoms in total. The fraction of sp³-hybridized carbons (Fsp3) is 0.105.